The molecule has 0 aromatic carbocycles. The third kappa shape index (κ3) is 3.70. The molecule has 1 saturated heterocycles. The number of urea groups is 1. The lowest BCUT2D eigenvalue weighted by Gasteiger charge is -2.43. The maximum Gasteiger partial charge on any atom is 0.324 e. The second-order valence-electron chi connectivity index (χ2n) is 8.49. The molecule has 5 heterocycles. The van der Waals surface area contributed by atoms with Crippen LogP contribution in [0.2, 0.25) is 0 Å². The Morgan fingerprint density at radius 1 is 1.18 bits per heavy atom. The van der Waals surface area contributed by atoms with E-state index in [0.717, 1.165) is 16.8 Å². The highest BCUT2D eigenvalue weighted by Gasteiger charge is 2.37. The number of nitrogens with zero attached hydrogens (tertiary/aromatic N) is 7. The number of aromatic nitrogens is 3. The Hall–Kier alpha value is -4.10. The van der Waals surface area contributed by atoms with Crippen LogP contribution in [0, 0.1) is 6.57 Å². The van der Waals surface area contributed by atoms with Gasteiger partial charge in [0.2, 0.25) is 5.91 Å². The van der Waals surface area contributed by atoms with Crippen molar-refractivity contribution in [3.05, 3.63) is 53.6 Å². The van der Waals surface area contributed by atoms with Gasteiger partial charge in [0, 0.05) is 43.5 Å². The summed E-state index contributed by atoms with van der Waals surface area (Å²) in [5, 5.41) is 9.18. The summed E-state index contributed by atoms with van der Waals surface area (Å²) in [6.45, 7) is 7.98. The van der Waals surface area contributed by atoms with Crippen molar-refractivity contribution in [1.82, 2.24) is 24.8 Å². The number of rotatable bonds is 3. The Balaban J connectivity index is 1.57. The van der Waals surface area contributed by atoms with Gasteiger partial charge in [-0.3, -0.25) is 14.7 Å². The number of fused-ring (bicyclic) bond motifs is 3. The second kappa shape index (κ2) is 8.68. The monoisotopic (exact) mass is 457 g/mol. The minimum atomic E-state index is -0.506. The molecule has 3 aromatic heterocycles. The summed E-state index contributed by atoms with van der Waals surface area (Å²) < 4.78 is 0. The van der Waals surface area contributed by atoms with Crippen LogP contribution >= 0.6 is 0 Å². The number of aliphatic hydroxyl groups excluding tert-OH is 1. The minimum absolute atomic E-state index is 0.104. The first-order valence-corrected chi connectivity index (χ1v) is 11.1. The van der Waals surface area contributed by atoms with Gasteiger partial charge in [-0.05, 0) is 31.0 Å². The molecule has 3 amide bonds. The predicted octanol–water partition coefficient (Wildman–Crippen LogP) is 2.60. The molecule has 2 aliphatic rings. The van der Waals surface area contributed by atoms with Crippen molar-refractivity contribution in [2.24, 2.45) is 0 Å². The number of carbonyl (C=O) groups is 2. The van der Waals surface area contributed by atoms with Gasteiger partial charge < -0.3 is 19.8 Å². The maximum absolute atomic E-state index is 13.4. The average Bonchev–Trinajstić information content (AvgIpc) is 2.89. The van der Waals surface area contributed by atoms with Crippen LogP contribution in [0.5, 0.6) is 0 Å². The molecule has 172 valence electrons. The van der Waals surface area contributed by atoms with Gasteiger partial charge in [-0.2, -0.15) is 0 Å². The van der Waals surface area contributed by atoms with Gasteiger partial charge in [0.05, 0.1) is 23.4 Å². The number of aliphatic hydroxyl groups is 1. The number of hydrogen-bond donors (Lipinski definition) is 1. The van der Waals surface area contributed by atoms with Gasteiger partial charge in [0.1, 0.15) is 18.3 Å². The van der Waals surface area contributed by atoms with Crippen LogP contribution in [0.4, 0.5) is 16.3 Å². The molecule has 0 spiro atoms. The zero-order chi connectivity index (χ0) is 23.8. The van der Waals surface area contributed by atoms with Crippen LogP contribution in [0.3, 0.4) is 0 Å². The average molecular weight is 457 g/mol. The smallest absolute Gasteiger partial charge is 0.324 e. The first-order chi connectivity index (χ1) is 16.5. The number of amides is 3. The van der Waals surface area contributed by atoms with Crippen molar-refractivity contribution < 1.29 is 14.7 Å². The first kappa shape index (κ1) is 21.7. The molecule has 0 atom stereocenters. The van der Waals surface area contributed by atoms with Crippen molar-refractivity contribution >= 4 is 34.5 Å². The Bertz CT molecular complexity index is 1310. The summed E-state index contributed by atoms with van der Waals surface area (Å²) in [5.74, 6) is 0.0224. The van der Waals surface area contributed by atoms with Crippen LogP contribution in [0.15, 0.2) is 36.7 Å². The van der Waals surface area contributed by atoms with Gasteiger partial charge in [-0.25, -0.2) is 9.78 Å². The van der Waals surface area contributed by atoms with E-state index in [9.17, 15) is 14.7 Å². The molecule has 0 unspecified atom stereocenters. The highest BCUT2D eigenvalue weighted by Crippen LogP contribution is 2.37. The van der Waals surface area contributed by atoms with Crippen LogP contribution < -0.4 is 4.90 Å². The molecule has 10 nitrogen and oxygen atoms in total. The Morgan fingerprint density at radius 3 is 2.65 bits per heavy atom. The lowest BCUT2D eigenvalue weighted by molar-refractivity contribution is -0.135. The molecule has 0 radical (unpaired) electrons. The number of hydrogen-bond acceptors (Lipinski definition) is 6. The van der Waals surface area contributed by atoms with Gasteiger partial charge in [-0.15, -0.1) is 4.98 Å². The predicted molar refractivity (Wildman–Crippen MR) is 125 cm³/mol. The standard InChI is InChI=1S/C24H23N7O3/c1-25-20-6-3-15(11-27-20)18-4-5-19-22(28-18)23-16(12-26-19)13-29(2)24(34)31(23)17-7-9-30(10-8-17)21(33)14-32/h3-6,11-12,17,32H,7-10,13-14H2,2H3. The second-order valence-corrected chi connectivity index (χ2v) is 8.49. The fourth-order valence-corrected chi connectivity index (χ4v) is 4.65. The molecule has 34 heavy (non-hydrogen) atoms. The molecule has 5 rings (SSSR count). The van der Waals surface area contributed by atoms with Crippen molar-refractivity contribution in [3.63, 3.8) is 0 Å². The molecule has 0 saturated carbocycles. The number of pyridine rings is 3. The topological polar surface area (TPSA) is 107 Å². The summed E-state index contributed by atoms with van der Waals surface area (Å²) >= 11 is 0. The largest absolute Gasteiger partial charge is 0.387 e. The van der Waals surface area contributed by atoms with E-state index in [1.807, 2.05) is 18.2 Å². The van der Waals surface area contributed by atoms with Crippen molar-refractivity contribution in [2.75, 3.05) is 31.6 Å². The summed E-state index contributed by atoms with van der Waals surface area (Å²) in [7, 11) is 1.77. The van der Waals surface area contributed by atoms with Crippen molar-refractivity contribution in [3.8, 4) is 11.3 Å². The van der Waals surface area contributed by atoms with E-state index in [1.165, 1.54) is 0 Å². The SMILES string of the molecule is [C-]#[N+]c1ccc(-c2ccc3ncc4c(c3n2)N(C2CCN(C(=O)CO)CC2)C(=O)N(C)C4)cn1. The van der Waals surface area contributed by atoms with E-state index < -0.39 is 6.61 Å². The van der Waals surface area contributed by atoms with Crippen LogP contribution in [-0.4, -0.2) is 74.6 Å². The van der Waals surface area contributed by atoms with Crippen LogP contribution in [0.25, 0.3) is 27.1 Å². The molecule has 2 aliphatic heterocycles. The number of carbonyl (C=O) groups excluding carboxylic acids is 2. The van der Waals surface area contributed by atoms with E-state index >= 15 is 0 Å². The molecule has 0 bridgehead atoms. The zero-order valence-electron chi connectivity index (χ0n) is 18.7. The maximum atomic E-state index is 13.4. The Kier molecular flexibility index (Phi) is 5.55. The molecule has 3 aromatic rings. The fourth-order valence-electron chi connectivity index (χ4n) is 4.65. The normalized spacial score (nSPS) is 16.5. The summed E-state index contributed by atoms with van der Waals surface area (Å²) in [5.41, 5.74) is 4.44. The number of likely N-dealkylation sites (tertiary alicyclic amines) is 1. The lowest BCUT2D eigenvalue weighted by Crippen LogP contribution is -2.54. The Morgan fingerprint density at radius 2 is 1.97 bits per heavy atom. The van der Waals surface area contributed by atoms with Gasteiger partial charge in [-0.1, -0.05) is 12.6 Å². The van der Waals surface area contributed by atoms with Crippen molar-refractivity contribution in [2.45, 2.75) is 25.4 Å². The zero-order valence-corrected chi connectivity index (χ0v) is 18.7. The summed E-state index contributed by atoms with van der Waals surface area (Å²) in [6, 6.07) is 6.98. The van der Waals surface area contributed by atoms with Gasteiger partial charge >= 0.3 is 6.03 Å². The fraction of sp³-hybridized carbons (Fsp3) is 0.333. The number of piperidine rings is 1. The highest BCUT2D eigenvalue weighted by atomic mass is 16.3. The molecule has 10 heteroatoms. The third-order valence-electron chi connectivity index (χ3n) is 6.42. The summed E-state index contributed by atoms with van der Waals surface area (Å²) in [6.07, 6.45) is 4.63. The molecular weight excluding hydrogens is 434 g/mol. The quantitative estimate of drug-likeness (QED) is 0.606. The lowest BCUT2D eigenvalue weighted by atomic mass is 9.99. The van der Waals surface area contributed by atoms with E-state index in [-0.39, 0.29) is 18.0 Å². The van der Waals surface area contributed by atoms with Crippen molar-refractivity contribution in [1.29, 1.82) is 0 Å². The van der Waals surface area contributed by atoms with E-state index in [0.29, 0.717) is 55.0 Å². The molecule has 1 N–H and O–H groups in total. The Labute approximate surface area is 196 Å². The molecule has 0 aliphatic carbocycles. The number of anilines is 1. The van der Waals surface area contributed by atoms with Crippen LogP contribution in [0.1, 0.15) is 18.4 Å². The summed E-state index contributed by atoms with van der Waals surface area (Å²) in [4.78, 5) is 47.3. The molecule has 1 fully saturated rings. The van der Waals surface area contributed by atoms with E-state index in [2.05, 4.69) is 14.8 Å². The van der Waals surface area contributed by atoms with Gasteiger partial charge in [0.25, 0.3) is 5.82 Å². The highest BCUT2D eigenvalue weighted by molar-refractivity contribution is 6.04. The van der Waals surface area contributed by atoms with Gasteiger partial charge in [0.15, 0.2) is 0 Å². The first-order valence-electron chi connectivity index (χ1n) is 11.1. The minimum Gasteiger partial charge on any atom is -0.387 e. The van der Waals surface area contributed by atoms with E-state index in [1.54, 1.807) is 40.2 Å². The van der Waals surface area contributed by atoms with E-state index in [4.69, 9.17) is 11.6 Å². The van der Waals surface area contributed by atoms with Crippen LogP contribution in [-0.2, 0) is 11.3 Å². The third-order valence-corrected chi connectivity index (χ3v) is 6.42. The molecular formula is C24H23N7O3.